The number of halogens is 1. The maximum absolute atomic E-state index is 11.5. The molecule has 0 bridgehead atoms. The van der Waals surface area contributed by atoms with E-state index in [1.807, 2.05) is 27.7 Å². The maximum atomic E-state index is 11.5. The van der Waals surface area contributed by atoms with Gasteiger partial charge < -0.3 is 16.4 Å². The number of nitrogens with one attached hydrogen (secondary N) is 2. The van der Waals surface area contributed by atoms with Gasteiger partial charge in [-0.25, -0.2) is 0 Å². The summed E-state index contributed by atoms with van der Waals surface area (Å²) in [5, 5.41) is 5.20. The van der Waals surface area contributed by atoms with Gasteiger partial charge in [0, 0.05) is 6.04 Å². The molecule has 102 valence electrons. The molecule has 0 aromatic heterocycles. The van der Waals surface area contributed by atoms with Gasteiger partial charge in [-0.15, -0.1) is 12.4 Å². The van der Waals surface area contributed by atoms with Crippen LogP contribution in [0.1, 0.15) is 34.1 Å². The monoisotopic (exact) mass is 265 g/mol. The molecule has 17 heavy (non-hydrogen) atoms. The summed E-state index contributed by atoms with van der Waals surface area (Å²) in [6.45, 7) is 7.72. The van der Waals surface area contributed by atoms with Crippen LogP contribution in [0.4, 0.5) is 0 Å². The first-order valence-corrected chi connectivity index (χ1v) is 5.65. The zero-order chi connectivity index (χ0) is 12.7. The molecule has 2 amide bonds. The van der Waals surface area contributed by atoms with E-state index >= 15 is 0 Å². The van der Waals surface area contributed by atoms with E-state index in [1.165, 1.54) is 0 Å². The number of carbonyl (C=O) groups is 2. The predicted octanol–water partition coefficient (Wildman–Crippen LogP) is 0.422. The van der Waals surface area contributed by atoms with Gasteiger partial charge in [0.25, 0.3) is 0 Å². The first kappa shape index (κ1) is 18.6. The van der Waals surface area contributed by atoms with Crippen molar-refractivity contribution in [1.82, 2.24) is 10.6 Å². The van der Waals surface area contributed by atoms with Crippen LogP contribution in [0, 0.1) is 5.92 Å². The minimum absolute atomic E-state index is 0. The molecule has 0 heterocycles. The fourth-order valence-corrected chi connectivity index (χ4v) is 1.29. The van der Waals surface area contributed by atoms with E-state index in [0.29, 0.717) is 12.3 Å². The molecule has 0 spiro atoms. The lowest BCUT2D eigenvalue weighted by Crippen LogP contribution is -2.46. The van der Waals surface area contributed by atoms with E-state index in [-0.39, 0.29) is 36.8 Å². The molecule has 0 unspecified atom stereocenters. The summed E-state index contributed by atoms with van der Waals surface area (Å²) >= 11 is 0. The van der Waals surface area contributed by atoms with Gasteiger partial charge in [0.1, 0.15) is 0 Å². The summed E-state index contributed by atoms with van der Waals surface area (Å²) < 4.78 is 0. The molecule has 1 atom stereocenters. The lowest BCUT2D eigenvalue weighted by Gasteiger charge is -2.14. The van der Waals surface area contributed by atoms with Gasteiger partial charge in [-0.2, -0.15) is 0 Å². The highest BCUT2D eigenvalue weighted by atomic mass is 35.5. The maximum Gasteiger partial charge on any atom is 0.239 e. The summed E-state index contributed by atoms with van der Waals surface area (Å²) in [5.41, 5.74) is 5.66. The Morgan fingerprint density at radius 2 is 1.71 bits per heavy atom. The molecular weight excluding hydrogens is 242 g/mol. The van der Waals surface area contributed by atoms with E-state index in [1.54, 1.807) is 0 Å². The van der Waals surface area contributed by atoms with Crippen LogP contribution in [0.25, 0.3) is 0 Å². The van der Waals surface area contributed by atoms with Crippen molar-refractivity contribution in [3.05, 3.63) is 0 Å². The van der Waals surface area contributed by atoms with Crippen molar-refractivity contribution < 1.29 is 9.59 Å². The van der Waals surface area contributed by atoms with E-state index in [2.05, 4.69) is 10.6 Å². The fourth-order valence-electron chi connectivity index (χ4n) is 1.29. The quantitative estimate of drug-likeness (QED) is 0.651. The Morgan fingerprint density at radius 1 is 1.18 bits per heavy atom. The molecule has 0 saturated heterocycles. The Labute approximate surface area is 109 Å². The Balaban J connectivity index is 0. The Morgan fingerprint density at radius 3 is 2.12 bits per heavy atom. The largest absolute Gasteiger partial charge is 0.352 e. The third-order valence-corrected chi connectivity index (χ3v) is 1.93. The van der Waals surface area contributed by atoms with Crippen molar-refractivity contribution in [3.63, 3.8) is 0 Å². The molecule has 0 aliphatic carbocycles. The van der Waals surface area contributed by atoms with Crippen molar-refractivity contribution in [3.8, 4) is 0 Å². The van der Waals surface area contributed by atoms with Crippen LogP contribution in [0.3, 0.4) is 0 Å². The van der Waals surface area contributed by atoms with Gasteiger partial charge in [0.2, 0.25) is 11.8 Å². The third kappa shape index (κ3) is 10.1. The molecule has 5 nitrogen and oxygen atoms in total. The lowest BCUT2D eigenvalue weighted by molar-refractivity contribution is -0.127. The molecule has 0 aromatic rings. The second-order valence-corrected chi connectivity index (χ2v) is 4.68. The SMILES string of the molecule is CC(C)C[C@H](N)C(=O)NCC(=O)NC(C)C.Cl. The molecular formula is C11H24ClN3O2. The number of nitrogens with two attached hydrogens (primary N) is 1. The third-order valence-electron chi connectivity index (χ3n) is 1.93. The van der Waals surface area contributed by atoms with Crippen LogP contribution in [0.5, 0.6) is 0 Å². The van der Waals surface area contributed by atoms with Crippen molar-refractivity contribution in [1.29, 1.82) is 0 Å². The summed E-state index contributed by atoms with van der Waals surface area (Å²) in [6, 6.07) is -0.458. The fraction of sp³-hybridized carbons (Fsp3) is 0.818. The van der Waals surface area contributed by atoms with E-state index < -0.39 is 6.04 Å². The zero-order valence-electron chi connectivity index (χ0n) is 10.9. The molecule has 4 N–H and O–H groups in total. The molecule has 0 aromatic carbocycles. The van der Waals surface area contributed by atoms with Gasteiger partial charge >= 0.3 is 0 Å². The second kappa shape index (κ2) is 9.24. The molecule has 0 aliphatic rings. The normalized spacial score (nSPS) is 11.9. The molecule has 0 radical (unpaired) electrons. The predicted molar refractivity (Wildman–Crippen MR) is 71.0 cm³/mol. The Bertz CT molecular complexity index is 245. The highest BCUT2D eigenvalue weighted by Gasteiger charge is 2.15. The topological polar surface area (TPSA) is 84.2 Å². The van der Waals surface area contributed by atoms with Crippen LogP contribution in [0.2, 0.25) is 0 Å². The zero-order valence-corrected chi connectivity index (χ0v) is 11.8. The summed E-state index contributed by atoms with van der Waals surface area (Å²) in [7, 11) is 0. The molecule has 0 fully saturated rings. The number of hydrogen-bond acceptors (Lipinski definition) is 3. The highest BCUT2D eigenvalue weighted by molar-refractivity contribution is 5.87. The minimum Gasteiger partial charge on any atom is -0.352 e. The molecule has 0 saturated carbocycles. The van der Waals surface area contributed by atoms with Gasteiger partial charge in [-0.3, -0.25) is 9.59 Å². The van der Waals surface area contributed by atoms with Crippen LogP contribution in [0.15, 0.2) is 0 Å². The van der Waals surface area contributed by atoms with Crippen LogP contribution in [-0.2, 0) is 9.59 Å². The van der Waals surface area contributed by atoms with Gasteiger partial charge in [0.15, 0.2) is 0 Å². The standard InChI is InChI=1S/C11H23N3O2.ClH/c1-7(2)5-9(12)11(16)13-6-10(15)14-8(3)4;/h7-9H,5-6,12H2,1-4H3,(H,13,16)(H,14,15);1H/t9-;/m0./s1. The Kier molecular flexibility index (Phi) is 10.1. The van der Waals surface area contributed by atoms with Crippen LogP contribution >= 0.6 is 12.4 Å². The minimum atomic E-state index is -0.535. The number of rotatable bonds is 6. The summed E-state index contributed by atoms with van der Waals surface area (Å²) in [6.07, 6.45) is 0.623. The average Bonchev–Trinajstić information content (AvgIpc) is 2.11. The van der Waals surface area contributed by atoms with Crippen LogP contribution < -0.4 is 16.4 Å². The first-order valence-electron chi connectivity index (χ1n) is 5.65. The van der Waals surface area contributed by atoms with Gasteiger partial charge in [-0.1, -0.05) is 13.8 Å². The molecule has 6 heteroatoms. The van der Waals surface area contributed by atoms with Gasteiger partial charge in [-0.05, 0) is 26.2 Å². The Hall–Kier alpha value is -0.810. The summed E-state index contributed by atoms with van der Waals surface area (Å²) in [5.74, 6) is -0.0991. The van der Waals surface area contributed by atoms with E-state index in [9.17, 15) is 9.59 Å². The van der Waals surface area contributed by atoms with Crippen molar-refractivity contribution in [2.24, 2.45) is 11.7 Å². The van der Waals surface area contributed by atoms with E-state index in [4.69, 9.17) is 5.73 Å². The number of carbonyl (C=O) groups excluding carboxylic acids is 2. The molecule has 0 aliphatic heterocycles. The van der Waals surface area contributed by atoms with Crippen molar-refractivity contribution in [2.45, 2.75) is 46.2 Å². The van der Waals surface area contributed by atoms with Crippen molar-refractivity contribution >= 4 is 24.2 Å². The highest BCUT2D eigenvalue weighted by Crippen LogP contribution is 2.02. The van der Waals surface area contributed by atoms with Crippen molar-refractivity contribution in [2.75, 3.05) is 6.54 Å². The smallest absolute Gasteiger partial charge is 0.239 e. The summed E-state index contributed by atoms with van der Waals surface area (Å²) in [4.78, 5) is 22.7. The average molecular weight is 266 g/mol. The first-order chi connectivity index (χ1) is 7.32. The lowest BCUT2D eigenvalue weighted by atomic mass is 10.0. The van der Waals surface area contributed by atoms with Gasteiger partial charge in [0.05, 0.1) is 12.6 Å². The van der Waals surface area contributed by atoms with E-state index in [0.717, 1.165) is 0 Å². The molecule has 0 rings (SSSR count). The second-order valence-electron chi connectivity index (χ2n) is 4.68. The number of hydrogen-bond donors (Lipinski definition) is 3. The van der Waals surface area contributed by atoms with Crippen LogP contribution in [-0.4, -0.2) is 30.4 Å². The number of amides is 2.